The van der Waals surface area contributed by atoms with Crippen LogP contribution >= 0.6 is 0 Å². The largest absolute Gasteiger partial charge is 0.324 e. The van der Waals surface area contributed by atoms with Gasteiger partial charge in [-0.05, 0) is 55.3 Å². The third-order valence-corrected chi connectivity index (χ3v) is 4.48. The summed E-state index contributed by atoms with van der Waals surface area (Å²) in [4.78, 5) is 0.124. The van der Waals surface area contributed by atoms with E-state index in [1.54, 1.807) is 26.0 Å². The number of sulfonamides is 1. The minimum absolute atomic E-state index is 0.124. The quantitative estimate of drug-likeness (QED) is 0.912. The van der Waals surface area contributed by atoms with Crippen molar-refractivity contribution in [2.75, 3.05) is 4.72 Å². The van der Waals surface area contributed by atoms with Gasteiger partial charge in [0.15, 0.2) is 0 Å². The Bertz CT molecular complexity index is 758. The van der Waals surface area contributed by atoms with Crippen LogP contribution in [0.4, 0.5) is 10.1 Å². The molecular formula is C15H17FN2O2S. The van der Waals surface area contributed by atoms with Crippen molar-refractivity contribution in [2.45, 2.75) is 24.8 Å². The van der Waals surface area contributed by atoms with Gasteiger partial charge in [0.25, 0.3) is 10.0 Å². The summed E-state index contributed by atoms with van der Waals surface area (Å²) >= 11 is 0. The van der Waals surface area contributed by atoms with Crippen LogP contribution in [0.5, 0.6) is 0 Å². The van der Waals surface area contributed by atoms with Gasteiger partial charge in [0, 0.05) is 11.7 Å². The number of anilines is 1. The van der Waals surface area contributed by atoms with E-state index >= 15 is 0 Å². The van der Waals surface area contributed by atoms with E-state index in [4.69, 9.17) is 5.73 Å². The third-order valence-electron chi connectivity index (χ3n) is 3.10. The fourth-order valence-electron chi connectivity index (χ4n) is 1.89. The van der Waals surface area contributed by atoms with Gasteiger partial charge >= 0.3 is 0 Å². The Morgan fingerprint density at radius 3 is 2.52 bits per heavy atom. The minimum atomic E-state index is -3.73. The molecule has 0 saturated carbocycles. The predicted octanol–water partition coefficient (Wildman–Crippen LogP) is 2.95. The molecule has 1 unspecified atom stereocenters. The molecule has 0 bridgehead atoms. The topological polar surface area (TPSA) is 72.2 Å². The average Bonchev–Trinajstić information content (AvgIpc) is 2.43. The fraction of sp³-hybridized carbons (Fsp3) is 0.200. The van der Waals surface area contributed by atoms with E-state index in [1.165, 1.54) is 30.3 Å². The Kier molecular flexibility index (Phi) is 4.29. The van der Waals surface area contributed by atoms with Crippen molar-refractivity contribution in [3.63, 3.8) is 0 Å². The van der Waals surface area contributed by atoms with Crippen molar-refractivity contribution < 1.29 is 12.8 Å². The molecular weight excluding hydrogens is 291 g/mol. The molecule has 0 aliphatic carbocycles. The summed E-state index contributed by atoms with van der Waals surface area (Å²) in [5.74, 6) is -0.378. The van der Waals surface area contributed by atoms with E-state index in [1.807, 2.05) is 0 Å². The second-order valence-corrected chi connectivity index (χ2v) is 6.61. The standard InChI is InChI=1S/C15H17FN2O2S/c1-10-8-13(6-7-15(10)16)18-21(19,20)14-5-3-4-12(9-14)11(2)17/h3-9,11,18H,17H2,1-2H3. The highest BCUT2D eigenvalue weighted by molar-refractivity contribution is 7.92. The first-order valence-corrected chi connectivity index (χ1v) is 7.92. The van der Waals surface area contributed by atoms with Gasteiger partial charge in [-0.1, -0.05) is 12.1 Å². The van der Waals surface area contributed by atoms with Gasteiger partial charge in [-0.25, -0.2) is 12.8 Å². The van der Waals surface area contributed by atoms with E-state index in [2.05, 4.69) is 4.72 Å². The van der Waals surface area contributed by atoms with E-state index in [9.17, 15) is 12.8 Å². The molecule has 0 aliphatic heterocycles. The first-order chi connectivity index (χ1) is 9.79. The number of benzene rings is 2. The maximum Gasteiger partial charge on any atom is 0.261 e. The first kappa shape index (κ1) is 15.5. The SMILES string of the molecule is Cc1cc(NS(=O)(=O)c2cccc(C(C)N)c2)ccc1F. The second kappa shape index (κ2) is 5.83. The molecule has 2 rings (SSSR count). The molecule has 0 radical (unpaired) electrons. The number of nitrogens with two attached hydrogens (primary N) is 1. The number of hydrogen-bond donors (Lipinski definition) is 2. The van der Waals surface area contributed by atoms with Gasteiger partial charge in [0.1, 0.15) is 5.82 Å². The second-order valence-electron chi connectivity index (χ2n) is 4.93. The molecule has 0 saturated heterocycles. The summed E-state index contributed by atoms with van der Waals surface area (Å²) in [6.45, 7) is 3.35. The zero-order chi connectivity index (χ0) is 15.6. The van der Waals surface area contributed by atoms with Gasteiger partial charge in [0.05, 0.1) is 4.90 Å². The Labute approximate surface area is 123 Å². The fourth-order valence-corrected chi connectivity index (χ4v) is 2.99. The van der Waals surface area contributed by atoms with Crippen LogP contribution in [0.3, 0.4) is 0 Å². The van der Waals surface area contributed by atoms with E-state index in [0.717, 1.165) is 5.56 Å². The van der Waals surface area contributed by atoms with Crippen LogP contribution in [-0.4, -0.2) is 8.42 Å². The van der Waals surface area contributed by atoms with E-state index in [-0.39, 0.29) is 16.8 Å². The normalized spacial score (nSPS) is 13.0. The number of hydrogen-bond acceptors (Lipinski definition) is 3. The van der Waals surface area contributed by atoms with Crippen molar-refractivity contribution in [2.24, 2.45) is 5.73 Å². The lowest BCUT2D eigenvalue weighted by atomic mass is 10.1. The van der Waals surface area contributed by atoms with Crippen LogP contribution in [0, 0.1) is 12.7 Å². The summed E-state index contributed by atoms with van der Waals surface area (Å²) in [6, 6.07) is 10.2. The summed E-state index contributed by atoms with van der Waals surface area (Å²) in [6.07, 6.45) is 0. The zero-order valence-electron chi connectivity index (χ0n) is 11.8. The Balaban J connectivity index is 2.33. The zero-order valence-corrected chi connectivity index (χ0v) is 12.6. The van der Waals surface area contributed by atoms with Crippen molar-refractivity contribution in [1.29, 1.82) is 0 Å². The highest BCUT2D eigenvalue weighted by Crippen LogP contribution is 2.20. The smallest absolute Gasteiger partial charge is 0.261 e. The van der Waals surface area contributed by atoms with E-state index < -0.39 is 10.0 Å². The lowest BCUT2D eigenvalue weighted by Crippen LogP contribution is -2.14. The number of aryl methyl sites for hydroxylation is 1. The summed E-state index contributed by atoms with van der Waals surface area (Å²) in [7, 11) is -3.73. The molecule has 2 aromatic carbocycles. The van der Waals surface area contributed by atoms with Gasteiger partial charge in [0.2, 0.25) is 0 Å². The summed E-state index contributed by atoms with van der Waals surface area (Å²) < 4.78 is 40.3. The number of nitrogens with one attached hydrogen (secondary N) is 1. The van der Waals surface area contributed by atoms with Crippen LogP contribution in [0.2, 0.25) is 0 Å². The highest BCUT2D eigenvalue weighted by atomic mass is 32.2. The molecule has 0 aromatic heterocycles. The molecule has 0 amide bonds. The van der Waals surface area contributed by atoms with Crippen LogP contribution in [0.25, 0.3) is 0 Å². The van der Waals surface area contributed by atoms with Crippen molar-refractivity contribution in [3.05, 3.63) is 59.4 Å². The number of rotatable bonds is 4. The Morgan fingerprint density at radius 2 is 1.90 bits per heavy atom. The van der Waals surface area contributed by atoms with Gasteiger partial charge in [-0.15, -0.1) is 0 Å². The monoisotopic (exact) mass is 308 g/mol. The molecule has 0 fully saturated rings. The summed E-state index contributed by atoms with van der Waals surface area (Å²) in [5.41, 5.74) is 7.18. The molecule has 3 N–H and O–H groups in total. The summed E-state index contributed by atoms with van der Waals surface area (Å²) in [5, 5.41) is 0. The van der Waals surface area contributed by atoms with Gasteiger partial charge in [-0.2, -0.15) is 0 Å². The Morgan fingerprint density at radius 1 is 1.19 bits per heavy atom. The molecule has 0 spiro atoms. The molecule has 0 aliphatic rings. The molecule has 6 heteroatoms. The molecule has 0 heterocycles. The highest BCUT2D eigenvalue weighted by Gasteiger charge is 2.15. The predicted molar refractivity (Wildman–Crippen MR) is 81.0 cm³/mol. The van der Waals surface area contributed by atoms with Crippen LogP contribution in [0.1, 0.15) is 24.1 Å². The van der Waals surface area contributed by atoms with Crippen LogP contribution in [0.15, 0.2) is 47.4 Å². The molecule has 21 heavy (non-hydrogen) atoms. The van der Waals surface area contributed by atoms with Crippen molar-refractivity contribution >= 4 is 15.7 Å². The lowest BCUT2D eigenvalue weighted by Gasteiger charge is -2.11. The lowest BCUT2D eigenvalue weighted by molar-refractivity contribution is 0.600. The van der Waals surface area contributed by atoms with Crippen LogP contribution < -0.4 is 10.5 Å². The third kappa shape index (κ3) is 3.59. The molecule has 1 atom stereocenters. The van der Waals surface area contributed by atoms with Crippen LogP contribution in [-0.2, 0) is 10.0 Å². The Hall–Kier alpha value is -1.92. The van der Waals surface area contributed by atoms with Crippen molar-refractivity contribution in [3.8, 4) is 0 Å². The van der Waals surface area contributed by atoms with Gasteiger partial charge in [-0.3, -0.25) is 4.72 Å². The van der Waals surface area contributed by atoms with E-state index in [0.29, 0.717) is 11.3 Å². The number of halogens is 1. The molecule has 2 aromatic rings. The minimum Gasteiger partial charge on any atom is -0.324 e. The van der Waals surface area contributed by atoms with Crippen molar-refractivity contribution in [1.82, 2.24) is 0 Å². The first-order valence-electron chi connectivity index (χ1n) is 6.44. The molecule has 112 valence electrons. The molecule has 4 nitrogen and oxygen atoms in total. The average molecular weight is 308 g/mol. The van der Waals surface area contributed by atoms with Gasteiger partial charge < -0.3 is 5.73 Å². The maximum absolute atomic E-state index is 13.2. The maximum atomic E-state index is 13.2.